The lowest BCUT2D eigenvalue weighted by atomic mass is 9.86. The van der Waals surface area contributed by atoms with Gasteiger partial charge in [-0.05, 0) is 29.7 Å². The molecule has 3 atom stereocenters. The fraction of sp³-hybridized carbons (Fsp3) is 0.650. The number of carbonyl (C=O) groups is 1. The third-order valence-electron chi connectivity index (χ3n) is 4.19. The summed E-state index contributed by atoms with van der Waals surface area (Å²) in [6.07, 6.45) is 1.49. The molecule has 0 aliphatic heterocycles. The first-order chi connectivity index (χ1) is 11.4. The Morgan fingerprint density at radius 2 is 1.75 bits per heavy atom. The van der Waals surface area contributed by atoms with Gasteiger partial charge in [0.2, 0.25) is 0 Å². The average Bonchev–Trinajstić information content (AvgIpc) is 2.54. The first-order valence-corrected chi connectivity index (χ1v) is 8.74. The molecule has 1 aromatic rings. The van der Waals surface area contributed by atoms with E-state index in [1.165, 1.54) is 7.11 Å². The van der Waals surface area contributed by atoms with Crippen LogP contribution < -0.4 is 0 Å². The van der Waals surface area contributed by atoms with Gasteiger partial charge < -0.3 is 14.2 Å². The topological polar surface area (TPSA) is 44.8 Å². The van der Waals surface area contributed by atoms with E-state index in [4.69, 9.17) is 14.2 Å². The smallest absolute Gasteiger partial charge is 0.305 e. The van der Waals surface area contributed by atoms with Crippen molar-refractivity contribution in [1.82, 2.24) is 0 Å². The summed E-state index contributed by atoms with van der Waals surface area (Å²) in [6, 6.07) is 10.1. The van der Waals surface area contributed by atoms with Crippen molar-refractivity contribution >= 4 is 5.97 Å². The maximum atomic E-state index is 11.4. The molecule has 0 unspecified atom stereocenters. The zero-order valence-corrected chi connectivity index (χ0v) is 15.7. The van der Waals surface area contributed by atoms with E-state index in [1.54, 1.807) is 0 Å². The second-order valence-electron chi connectivity index (χ2n) is 6.93. The van der Waals surface area contributed by atoms with Crippen molar-refractivity contribution in [3.8, 4) is 0 Å². The largest absolute Gasteiger partial charge is 0.469 e. The predicted molar refractivity (Wildman–Crippen MR) is 95.4 cm³/mol. The van der Waals surface area contributed by atoms with Crippen molar-refractivity contribution in [2.45, 2.75) is 53.2 Å². The molecule has 1 rings (SSSR count). The SMILES string of the molecule is COC(=O)C[C@H](C)C[C@H](C)[C@H](OCOCc1ccccc1)C(C)C. The monoisotopic (exact) mass is 336 g/mol. The van der Waals surface area contributed by atoms with Gasteiger partial charge in [-0.15, -0.1) is 0 Å². The first-order valence-electron chi connectivity index (χ1n) is 8.74. The number of esters is 1. The summed E-state index contributed by atoms with van der Waals surface area (Å²) in [7, 11) is 1.43. The molecule has 0 heterocycles. The number of ether oxygens (including phenoxy) is 3. The van der Waals surface area contributed by atoms with Crippen LogP contribution in [0.4, 0.5) is 0 Å². The van der Waals surface area contributed by atoms with E-state index in [2.05, 4.69) is 27.7 Å². The molecule has 0 radical (unpaired) electrons. The normalized spacial score (nSPS) is 15.1. The van der Waals surface area contributed by atoms with Crippen LogP contribution in [0, 0.1) is 17.8 Å². The van der Waals surface area contributed by atoms with E-state index in [1.807, 2.05) is 30.3 Å². The molecule has 4 nitrogen and oxygen atoms in total. The number of hydrogen-bond acceptors (Lipinski definition) is 4. The van der Waals surface area contributed by atoms with Crippen molar-refractivity contribution in [3.05, 3.63) is 35.9 Å². The van der Waals surface area contributed by atoms with E-state index < -0.39 is 0 Å². The maximum Gasteiger partial charge on any atom is 0.305 e. The summed E-state index contributed by atoms with van der Waals surface area (Å²) in [5, 5.41) is 0. The van der Waals surface area contributed by atoms with Crippen molar-refractivity contribution in [2.75, 3.05) is 13.9 Å². The molecule has 0 saturated carbocycles. The minimum absolute atomic E-state index is 0.112. The summed E-state index contributed by atoms with van der Waals surface area (Å²) in [4.78, 5) is 11.4. The molecule has 136 valence electrons. The predicted octanol–water partition coefficient (Wildman–Crippen LogP) is 4.43. The Labute approximate surface area is 146 Å². The van der Waals surface area contributed by atoms with Crippen LogP contribution in [-0.2, 0) is 25.6 Å². The van der Waals surface area contributed by atoms with Gasteiger partial charge in [-0.1, -0.05) is 58.0 Å². The highest BCUT2D eigenvalue weighted by Gasteiger charge is 2.24. The number of hydrogen-bond donors (Lipinski definition) is 0. The van der Waals surface area contributed by atoms with Gasteiger partial charge in [0.05, 0.1) is 19.8 Å². The summed E-state index contributed by atoms with van der Waals surface area (Å²) in [5.41, 5.74) is 1.14. The molecule has 0 bridgehead atoms. The van der Waals surface area contributed by atoms with E-state index in [0.717, 1.165) is 12.0 Å². The molecule has 0 saturated heterocycles. The minimum atomic E-state index is -0.150. The number of rotatable bonds is 11. The lowest BCUT2D eigenvalue weighted by Gasteiger charge is -2.29. The quantitative estimate of drug-likeness (QED) is 0.341. The fourth-order valence-corrected chi connectivity index (χ4v) is 3.09. The lowest BCUT2D eigenvalue weighted by Crippen LogP contribution is -2.30. The lowest BCUT2D eigenvalue weighted by molar-refractivity contribution is -0.142. The molecule has 0 aliphatic rings. The zero-order valence-electron chi connectivity index (χ0n) is 15.7. The van der Waals surface area contributed by atoms with Crippen LogP contribution in [0.25, 0.3) is 0 Å². The Morgan fingerprint density at radius 3 is 2.33 bits per heavy atom. The second-order valence-corrected chi connectivity index (χ2v) is 6.93. The molecule has 24 heavy (non-hydrogen) atoms. The highest BCUT2D eigenvalue weighted by Crippen LogP contribution is 2.25. The molecule has 0 N–H and O–H groups in total. The summed E-state index contributed by atoms with van der Waals surface area (Å²) in [6.45, 7) is 9.41. The van der Waals surface area contributed by atoms with Crippen LogP contribution in [-0.4, -0.2) is 26.0 Å². The van der Waals surface area contributed by atoms with Gasteiger partial charge in [-0.25, -0.2) is 0 Å². The van der Waals surface area contributed by atoms with Crippen LogP contribution >= 0.6 is 0 Å². The molecular weight excluding hydrogens is 304 g/mol. The highest BCUT2D eigenvalue weighted by atomic mass is 16.7. The van der Waals surface area contributed by atoms with Crippen LogP contribution in [0.2, 0.25) is 0 Å². The molecule has 0 fully saturated rings. The van der Waals surface area contributed by atoms with Crippen molar-refractivity contribution in [2.24, 2.45) is 17.8 Å². The first kappa shape index (κ1) is 20.7. The van der Waals surface area contributed by atoms with Crippen molar-refractivity contribution in [1.29, 1.82) is 0 Å². The number of benzene rings is 1. The Kier molecular flexibility index (Phi) is 9.65. The Morgan fingerprint density at radius 1 is 1.08 bits per heavy atom. The molecule has 0 amide bonds. The fourth-order valence-electron chi connectivity index (χ4n) is 3.09. The van der Waals surface area contributed by atoms with Crippen LogP contribution in [0.15, 0.2) is 30.3 Å². The van der Waals surface area contributed by atoms with Crippen LogP contribution in [0.5, 0.6) is 0 Å². The van der Waals surface area contributed by atoms with Gasteiger partial charge in [0, 0.05) is 6.42 Å². The minimum Gasteiger partial charge on any atom is -0.469 e. The van der Waals surface area contributed by atoms with E-state index in [0.29, 0.717) is 24.9 Å². The van der Waals surface area contributed by atoms with Crippen molar-refractivity contribution < 1.29 is 19.0 Å². The van der Waals surface area contributed by atoms with Gasteiger partial charge in [0.1, 0.15) is 6.79 Å². The number of methoxy groups -OCH3 is 1. The maximum absolute atomic E-state index is 11.4. The summed E-state index contributed by atoms with van der Waals surface area (Å²) < 4.78 is 16.4. The van der Waals surface area contributed by atoms with Gasteiger partial charge in [-0.3, -0.25) is 4.79 Å². The number of carbonyl (C=O) groups excluding carboxylic acids is 1. The van der Waals surface area contributed by atoms with Gasteiger partial charge in [0.15, 0.2) is 0 Å². The van der Waals surface area contributed by atoms with Gasteiger partial charge in [-0.2, -0.15) is 0 Å². The van der Waals surface area contributed by atoms with Gasteiger partial charge in [0.25, 0.3) is 0 Å². The van der Waals surface area contributed by atoms with Gasteiger partial charge >= 0.3 is 5.97 Å². The average molecular weight is 336 g/mol. The third kappa shape index (κ3) is 7.93. The summed E-state index contributed by atoms with van der Waals surface area (Å²) in [5.74, 6) is 0.876. The van der Waals surface area contributed by atoms with Crippen LogP contribution in [0.3, 0.4) is 0 Å². The third-order valence-corrected chi connectivity index (χ3v) is 4.19. The zero-order chi connectivity index (χ0) is 17.9. The summed E-state index contributed by atoms with van der Waals surface area (Å²) >= 11 is 0. The van der Waals surface area contributed by atoms with E-state index >= 15 is 0 Å². The molecule has 4 heteroatoms. The molecule has 0 aliphatic carbocycles. The molecular formula is C20H32O4. The van der Waals surface area contributed by atoms with Crippen molar-refractivity contribution in [3.63, 3.8) is 0 Å². The van der Waals surface area contributed by atoms with E-state index in [9.17, 15) is 4.79 Å². The molecule has 1 aromatic carbocycles. The molecule has 0 aromatic heterocycles. The van der Waals surface area contributed by atoms with E-state index in [-0.39, 0.29) is 24.8 Å². The Hall–Kier alpha value is -1.39. The molecule has 0 spiro atoms. The Balaban J connectivity index is 2.37. The van der Waals surface area contributed by atoms with Crippen LogP contribution in [0.1, 0.15) is 46.1 Å². The standard InChI is InChI=1S/C20H32O4/c1-15(2)20(17(4)11-16(3)12-19(21)22-5)24-14-23-13-18-9-7-6-8-10-18/h6-10,15-17,20H,11-14H2,1-5H3/t16-,17+,20-/m1/s1. The highest BCUT2D eigenvalue weighted by molar-refractivity contribution is 5.69. The second kappa shape index (κ2) is 11.2. The Bertz CT molecular complexity index is 458.